The van der Waals surface area contributed by atoms with E-state index in [2.05, 4.69) is 194 Å². The van der Waals surface area contributed by atoms with E-state index in [0.717, 1.165) is 54.0 Å². The van der Waals surface area contributed by atoms with Crippen molar-refractivity contribution in [1.29, 1.82) is 0 Å². The first-order valence-corrected chi connectivity index (χ1v) is 21.1. The maximum absolute atomic E-state index is 6.54. The molecule has 0 aliphatic rings. The third kappa shape index (κ3) is 5.85. The Morgan fingerprint density at radius 3 is 1.03 bits per heavy atom. The van der Waals surface area contributed by atoms with Crippen molar-refractivity contribution in [3.8, 4) is 65.8 Å². The smallest absolute Gasteiger partial charge is 0.145 e. The highest BCUT2D eigenvalue weighted by atomic mass is 32.1. The average Bonchev–Trinajstić information content (AvgIpc) is 4.09. The standard InChI is InChI=1S/C54H32O2S2/c1-3-7-33(8-4-1)35-11-15-37(16-12-35)39-19-21-41-31-53(57-51(41)29-39)49-27-45-23-43-26-48-46(24-44(43)25-47(45)55-49)28-50(56-48)54-32-42-22-20-40(30-52(42)58-54)38-17-13-36(14-18-38)34-9-5-2-6-10-34/h1-32H. The molecule has 8 aromatic carbocycles. The fraction of sp³-hybridized carbons (Fsp3) is 0. The third-order valence-corrected chi connectivity index (χ3v) is 13.5. The van der Waals surface area contributed by atoms with E-state index in [1.54, 1.807) is 22.7 Å². The summed E-state index contributed by atoms with van der Waals surface area (Å²) in [5, 5.41) is 6.87. The molecule has 4 heterocycles. The van der Waals surface area contributed by atoms with E-state index in [9.17, 15) is 0 Å². The molecule has 4 aromatic heterocycles. The molecule has 0 unspecified atom stereocenters. The van der Waals surface area contributed by atoms with Crippen LogP contribution in [-0.4, -0.2) is 0 Å². The Hall–Kier alpha value is -6.98. The second-order valence-corrected chi connectivity index (χ2v) is 17.1. The highest BCUT2D eigenvalue weighted by Gasteiger charge is 2.15. The van der Waals surface area contributed by atoms with Crippen molar-refractivity contribution in [2.45, 2.75) is 0 Å². The van der Waals surface area contributed by atoms with Gasteiger partial charge < -0.3 is 8.83 Å². The summed E-state index contributed by atoms with van der Waals surface area (Å²) in [6, 6.07) is 69.8. The zero-order valence-corrected chi connectivity index (χ0v) is 32.7. The van der Waals surface area contributed by atoms with Crippen LogP contribution in [0.3, 0.4) is 0 Å². The van der Waals surface area contributed by atoms with E-state index in [-0.39, 0.29) is 0 Å². The summed E-state index contributed by atoms with van der Waals surface area (Å²) < 4.78 is 15.6. The van der Waals surface area contributed by atoms with Crippen molar-refractivity contribution in [1.82, 2.24) is 0 Å². The quantitative estimate of drug-likeness (QED) is 0.168. The van der Waals surface area contributed by atoms with Gasteiger partial charge in [-0.25, -0.2) is 0 Å². The highest BCUT2D eigenvalue weighted by Crippen LogP contribution is 2.42. The molecule has 0 aliphatic heterocycles. The average molecular weight is 777 g/mol. The van der Waals surface area contributed by atoms with Crippen LogP contribution in [0, 0.1) is 0 Å². The van der Waals surface area contributed by atoms with Crippen molar-refractivity contribution in [2.24, 2.45) is 0 Å². The Morgan fingerprint density at radius 2 is 0.621 bits per heavy atom. The first-order chi connectivity index (χ1) is 28.6. The van der Waals surface area contributed by atoms with Gasteiger partial charge in [-0.2, -0.15) is 0 Å². The van der Waals surface area contributed by atoms with Crippen LogP contribution in [0.25, 0.3) is 119 Å². The van der Waals surface area contributed by atoms with Crippen LogP contribution in [0.1, 0.15) is 0 Å². The zero-order chi connectivity index (χ0) is 38.2. The van der Waals surface area contributed by atoms with Crippen molar-refractivity contribution in [3.63, 3.8) is 0 Å². The molecule has 0 saturated heterocycles. The summed E-state index contributed by atoms with van der Waals surface area (Å²) in [7, 11) is 0. The summed E-state index contributed by atoms with van der Waals surface area (Å²) >= 11 is 3.55. The fourth-order valence-corrected chi connectivity index (χ4v) is 10.3. The molecule has 0 atom stereocenters. The van der Waals surface area contributed by atoms with Crippen LogP contribution in [0.4, 0.5) is 0 Å². The van der Waals surface area contributed by atoms with Crippen LogP contribution in [0.2, 0.25) is 0 Å². The largest absolute Gasteiger partial charge is 0.455 e. The molecule has 12 aromatic rings. The van der Waals surface area contributed by atoms with Gasteiger partial charge in [0.2, 0.25) is 0 Å². The van der Waals surface area contributed by atoms with Crippen molar-refractivity contribution in [3.05, 3.63) is 194 Å². The van der Waals surface area contributed by atoms with E-state index in [0.29, 0.717) is 0 Å². The number of thiophene rings is 2. The van der Waals surface area contributed by atoms with Gasteiger partial charge in [-0.1, -0.05) is 133 Å². The Kier molecular flexibility index (Phi) is 7.62. The Labute approximate surface area is 342 Å². The molecule has 58 heavy (non-hydrogen) atoms. The van der Waals surface area contributed by atoms with Gasteiger partial charge in [0.25, 0.3) is 0 Å². The molecule has 0 radical (unpaired) electrons. The zero-order valence-electron chi connectivity index (χ0n) is 31.1. The van der Waals surface area contributed by atoms with Gasteiger partial charge in [0.1, 0.15) is 22.7 Å². The first kappa shape index (κ1) is 33.2. The maximum Gasteiger partial charge on any atom is 0.145 e. The molecule has 4 heteroatoms. The second kappa shape index (κ2) is 13.3. The van der Waals surface area contributed by atoms with Gasteiger partial charge in [0.15, 0.2) is 0 Å². The summed E-state index contributed by atoms with van der Waals surface area (Å²) in [4.78, 5) is 2.25. The molecule has 12 rings (SSSR count). The predicted octanol–water partition coefficient (Wildman–Crippen LogP) is 16.8. The number of fused-ring (bicyclic) bond motifs is 5. The number of hydrogen-bond acceptors (Lipinski definition) is 4. The lowest BCUT2D eigenvalue weighted by molar-refractivity contribution is 0.633. The number of benzene rings is 8. The molecule has 0 N–H and O–H groups in total. The van der Waals surface area contributed by atoms with Gasteiger partial charge >= 0.3 is 0 Å². The molecule has 2 nitrogen and oxygen atoms in total. The van der Waals surface area contributed by atoms with E-state index < -0.39 is 0 Å². The van der Waals surface area contributed by atoms with Crippen LogP contribution >= 0.6 is 22.7 Å². The fourth-order valence-electron chi connectivity index (χ4n) is 8.20. The summed E-state index contributed by atoms with van der Waals surface area (Å²) in [5.41, 5.74) is 11.5. The summed E-state index contributed by atoms with van der Waals surface area (Å²) in [6.45, 7) is 0. The molecular weight excluding hydrogens is 745 g/mol. The molecular formula is C54H32O2S2. The summed E-state index contributed by atoms with van der Waals surface area (Å²) in [6.07, 6.45) is 0. The van der Waals surface area contributed by atoms with Crippen molar-refractivity contribution in [2.75, 3.05) is 0 Å². The number of furan rings is 2. The van der Waals surface area contributed by atoms with Crippen molar-refractivity contribution < 1.29 is 8.83 Å². The Bertz CT molecular complexity index is 3170. The third-order valence-electron chi connectivity index (χ3n) is 11.3. The van der Waals surface area contributed by atoms with Gasteiger partial charge in [-0.3, -0.25) is 0 Å². The van der Waals surface area contributed by atoms with E-state index in [4.69, 9.17) is 8.83 Å². The van der Waals surface area contributed by atoms with Gasteiger partial charge in [0, 0.05) is 20.2 Å². The molecule has 0 amide bonds. The molecule has 0 spiro atoms. The van der Waals surface area contributed by atoms with Crippen LogP contribution in [0.5, 0.6) is 0 Å². The van der Waals surface area contributed by atoms with E-state index in [1.165, 1.54) is 64.7 Å². The number of hydrogen-bond donors (Lipinski definition) is 0. The number of rotatable bonds is 6. The van der Waals surface area contributed by atoms with Gasteiger partial charge in [-0.15, -0.1) is 22.7 Å². The maximum atomic E-state index is 6.54. The van der Waals surface area contributed by atoms with Crippen LogP contribution in [-0.2, 0) is 0 Å². The molecule has 0 aliphatic carbocycles. The van der Waals surface area contributed by atoms with Gasteiger partial charge in [-0.05, 0) is 127 Å². The second-order valence-electron chi connectivity index (χ2n) is 15.0. The first-order valence-electron chi connectivity index (χ1n) is 19.4. The minimum absolute atomic E-state index is 0.886. The summed E-state index contributed by atoms with van der Waals surface area (Å²) in [5.74, 6) is 1.78. The monoisotopic (exact) mass is 776 g/mol. The molecule has 272 valence electrons. The molecule has 0 bridgehead atoms. The van der Waals surface area contributed by atoms with E-state index >= 15 is 0 Å². The minimum atomic E-state index is 0.886. The van der Waals surface area contributed by atoms with Gasteiger partial charge in [0.05, 0.1) is 9.75 Å². The lowest BCUT2D eigenvalue weighted by Gasteiger charge is -2.05. The predicted molar refractivity (Wildman–Crippen MR) is 247 cm³/mol. The SMILES string of the molecule is c1ccc(-c2ccc(-c3ccc4cc(-c5cc6cc7cc8oc(-c9cc%10ccc(-c%11ccc(-c%12ccccc%12)cc%11)cc%10s9)cc8cc7cc6o5)sc4c3)cc2)cc1. The highest BCUT2D eigenvalue weighted by molar-refractivity contribution is 7.22. The lowest BCUT2D eigenvalue weighted by Crippen LogP contribution is -1.80. The topological polar surface area (TPSA) is 26.3 Å². The van der Waals surface area contributed by atoms with E-state index in [1.807, 2.05) is 0 Å². The van der Waals surface area contributed by atoms with Crippen LogP contribution < -0.4 is 0 Å². The molecule has 0 fully saturated rings. The molecule has 0 saturated carbocycles. The minimum Gasteiger partial charge on any atom is -0.455 e. The van der Waals surface area contributed by atoms with Crippen molar-refractivity contribution >= 4 is 75.6 Å². The normalized spacial score (nSPS) is 11.8. The van der Waals surface area contributed by atoms with Crippen LogP contribution in [0.15, 0.2) is 203 Å². The Morgan fingerprint density at radius 1 is 0.259 bits per heavy atom. The Balaban J connectivity index is 0.814. The lowest BCUT2D eigenvalue weighted by atomic mass is 10.00.